The van der Waals surface area contributed by atoms with Crippen LogP contribution in [0.3, 0.4) is 0 Å². The van der Waals surface area contributed by atoms with Crippen LogP contribution >= 0.6 is 34.9 Å². The van der Waals surface area contributed by atoms with Gasteiger partial charge in [0.1, 0.15) is 5.75 Å². The van der Waals surface area contributed by atoms with Gasteiger partial charge in [-0.05, 0) is 24.8 Å². The van der Waals surface area contributed by atoms with E-state index in [9.17, 15) is 4.79 Å². The Bertz CT molecular complexity index is 864. The third kappa shape index (κ3) is 4.86. The van der Waals surface area contributed by atoms with Gasteiger partial charge in [-0.3, -0.25) is 10.1 Å². The number of nitrogens with one attached hydrogen (secondary N) is 2. The van der Waals surface area contributed by atoms with E-state index >= 15 is 0 Å². The summed E-state index contributed by atoms with van der Waals surface area (Å²) in [6, 6.07) is 5.69. The lowest BCUT2D eigenvalue weighted by atomic mass is 10.3. The Morgan fingerprint density at radius 1 is 1.32 bits per heavy atom. The first-order valence-electron chi connectivity index (χ1n) is 7.69. The first kappa shape index (κ1) is 18.0. The van der Waals surface area contributed by atoms with Crippen molar-refractivity contribution in [2.45, 2.75) is 23.3 Å². The summed E-state index contributed by atoms with van der Waals surface area (Å²) in [6.07, 6.45) is 0. The lowest BCUT2D eigenvalue weighted by molar-refractivity contribution is -0.113. The van der Waals surface area contributed by atoms with E-state index in [2.05, 4.69) is 25.5 Å². The summed E-state index contributed by atoms with van der Waals surface area (Å²) in [5.74, 6) is 1.83. The molecule has 0 aliphatic carbocycles. The Labute approximate surface area is 157 Å². The zero-order valence-electron chi connectivity index (χ0n) is 13.7. The molecule has 3 aromatic rings. The van der Waals surface area contributed by atoms with Crippen molar-refractivity contribution >= 4 is 56.9 Å². The molecule has 0 bridgehead atoms. The minimum atomic E-state index is -0.135. The molecule has 1 amide bonds. The molecule has 0 atom stereocenters. The monoisotopic (exact) mass is 395 g/mol. The van der Waals surface area contributed by atoms with Gasteiger partial charge in [0, 0.05) is 6.07 Å². The van der Waals surface area contributed by atoms with E-state index < -0.39 is 0 Å². The fourth-order valence-corrected chi connectivity index (χ4v) is 4.37. The highest BCUT2D eigenvalue weighted by Gasteiger charge is 2.11. The summed E-state index contributed by atoms with van der Waals surface area (Å²) in [4.78, 5) is 19.7. The van der Waals surface area contributed by atoms with Gasteiger partial charge in [0.25, 0.3) is 0 Å². The highest BCUT2D eigenvalue weighted by molar-refractivity contribution is 8.01. The van der Waals surface area contributed by atoms with Gasteiger partial charge in [-0.1, -0.05) is 41.8 Å². The van der Waals surface area contributed by atoms with Gasteiger partial charge < -0.3 is 9.72 Å². The number of imidazole rings is 1. The molecule has 0 unspecified atom stereocenters. The molecular weight excluding hydrogens is 378 g/mol. The number of carbonyl (C=O) groups excluding carboxylic acids is 1. The van der Waals surface area contributed by atoms with E-state index in [0.717, 1.165) is 26.9 Å². The number of rotatable bonds is 8. The number of fused-ring (bicyclic) bond motifs is 1. The second-order valence-electron chi connectivity index (χ2n) is 4.80. The zero-order valence-corrected chi connectivity index (χ0v) is 16.2. The molecule has 0 aliphatic rings. The molecule has 3 rings (SSSR count). The van der Waals surface area contributed by atoms with Gasteiger partial charge in [0.15, 0.2) is 9.50 Å². The molecule has 10 heteroatoms. The lowest BCUT2D eigenvalue weighted by Crippen LogP contribution is -2.13. The maximum absolute atomic E-state index is 12.0. The number of amides is 1. The molecule has 2 aromatic heterocycles. The molecule has 0 fully saturated rings. The van der Waals surface area contributed by atoms with Crippen LogP contribution in [0.15, 0.2) is 27.7 Å². The second-order valence-corrected chi connectivity index (χ2v) is 8.25. The van der Waals surface area contributed by atoms with Crippen molar-refractivity contribution in [1.82, 2.24) is 20.2 Å². The summed E-state index contributed by atoms with van der Waals surface area (Å²) in [5, 5.41) is 11.9. The number of benzene rings is 1. The molecule has 25 heavy (non-hydrogen) atoms. The molecule has 0 radical (unpaired) electrons. The van der Waals surface area contributed by atoms with Crippen LogP contribution in [0, 0.1) is 0 Å². The van der Waals surface area contributed by atoms with Crippen molar-refractivity contribution in [3.05, 3.63) is 18.2 Å². The molecule has 0 saturated heterocycles. The van der Waals surface area contributed by atoms with Gasteiger partial charge in [0.05, 0.1) is 23.4 Å². The maximum atomic E-state index is 12.0. The molecule has 0 saturated carbocycles. The predicted octanol–water partition coefficient (Wildman–Crippen LogP) is 3.66. The van der Waals surface area contributed by atoms with Crippen LogP contribution in [0.2, 0.25) is 0 Å². The highest BCUT2D eigenvalue weighted by Crippen LogP contribution is 2.26. The Balaban J connectivity index is 1.56. The van der Waals surface area contributed by atoms with E-state index in [1.807, 2.05) is 32.0 Å². The molecule has 7 nitrogen and oxygen atoms in total. The minimum Gasteiger partial charge on any atom is -0.494 e. The number of ether oxygens (including phenoxy) is 1. The van der Waals surface area contributed by atoms with Crippen LogP contribution in [-0.4, -0.2) is 44.2 Å². The summed E-state index contributed by atoms with van der Waals surface area (Å²) in [5.41, 5.74) is 1.73. The minimum absolute atomic E-state index is 0.135. The Kier molecular flexibility index (Phi) is 6.16. The lowest BCUT2D eigenvalue weighted by Gasteiger charge is -2.00. The number of hydrogen-bond acceptors (Lipinski definition) is 8. The number of hydrogen-bond donors (Lipinski definition) is 2. The topological polar surface area (TPSA) is 92.8 Å². The molecule has 0 spiro atoms. The quantitative estimate of drug-likeness (QED) is 0.444. The van der Waals surface area contributed by atoms with Gasteiger partial charge in [0.2, 0.25) is 11.0 Å². The predicted molar refractivity (Wildman–Crippen MR) is 103 cm³/mol. The van der Waals surface area contributed by atoms with Crippen molar-refractivity contribution in [3.63, 3.8) is 0 Å². The van der Waals surface area contributed by atoms with Crippen molar-refractivity contribution in [1.29, 1.82) is 0 Å². The third-order valence-corrected chi connectivity index (χ3v) is 5.73. The smallest absolute Gasteiger partial charge is 0.236 e. The molecule has 0 aliphatic heterocycles. The average molecular weight is 396 g/mol. The van der Waals surface area contributed by atoms with Gasteiger partial charge in [-0.2, -0.15) is 0 Å². The average Bonchev–Trinajstić information content (AvgIpc) is 3.19. The molecule has 2 N–H and O–H groups in total. The van der Waals surface area contributed by atoms with E-state index in [1.54, 1.807) is 11.8 Å². The van der Waals surface area contributed by atoms with Crippen molar-refractivity contribution in [3.8, 4) is 5.75 Å². The van der Waals surface area contributed by atoms with Crippen LogP contribution in [-0.2, 0) is 4.79 Å². The number of thioether (sulfide) groups is 2. The molecule has 1 aromatic carbocycles. The fraction of sp³-hybridized carbons (Fsp3) is 0.333. The number of H-pyrrole nitrogens is 1. The number of anilines is 1. The maximum Gasteiger partial charge on any atom is 0.236 e. The normalized spacial score (nSPS) is 11.0. The zero-order chi connectivity index (χ0) is 17.6. The first-order valence-corrected chi connectivity index (χ1v) is 10.5. The number of aromatic amines is 1. The fourth-order valence-electron chi connectivity index (χ4n) is 2.02. The largest absolute Gasteiger partial charge is 0.494 e. The van der Waals surface area contributed by atoms with Gasteiger partial charge >= 0.3 is 0 Å². The van der Waals surface area contributed by atoms with E-state index in [4.69, 9.17) is 4.74 Å². The van der Waals surface area contributed by atoms with Crippen molar-refractivity contribution in [2.75, 3.05) is 23.4 Å². The number of aromatic nitrogens is 4. The van der Waals surface area contributed by atoms with Crippen LogP contribution in [0.5, 0.6) is 5.75 Å². The summed E-state index contributed by atoms with van der Waals surface area (Å²) in [6.45, 7) is 4.61. The standard InChI is InChI=1S/C15H17N5O2S3/c1-3-22-9-5-6-10-11(7-9)17-13(16-10)24-8-12(21)18-14-19-20-15(25-14)23-4-2/h5-7H,3-4,8H2,1-2H3,(H,16,17)(H,18,19,21). The summed E-state index contributed by atoms with van der Waals surface area (Å²) in [7, 11) is 0. The molecule has 132 valence electrons. The molecule has 2 heterocycles. The summed E-state index contributed by atoms with van der Waals surface area (Å²) < 4.78 is 6.33. The SMILES string of the molecule is CCOc1ccc2nc(SCC(=O)Nc3nnc(SCC)s3)[nH]c2c1. The van der Waals surface area contributed by atoms with Crippen LogP contribution in [0.25, 0.3) is 11.0 Å². The summed E-state index contributed by atoms with van der Waals surface area (Å²) >= 11 is 4.32. The van der Waals surface area contributed by atoms with Crippen molar-refractivity contribution in [2.24, 2.45) is 0 Å². The first-order chi connectivity index (χ1) is 12.2. The molecular formula is C15H17N5O2S3. The van der Waals surface area contributed by atoms with Gasteiger partial charge in [-0.25, -0.2) is 4.98 Å². The van der Waals surface area contributed by atoms with E-state index in [0.29, 0.717) is 16.9 Å². The Hall–Kier alpha value is -1.78. The van der Waals surface area contributed by atoms with Gasteiger partial charge in [-0.15, -0.1) is 10.2 Å². The Morgan fingerprint density at radius 2 is 2.20 bits per heavy atom. The van der Waals surface area contributed by atoms with Crippen LogP contribution in [0.1, 0.15) is 13.8 Å². The highest BCUT2D eigenvalue weighted by atomic mass is 32.2. The Morgan fingerprint density at radius 3 is 3.00 bits per heavy atom. The van der Waals surface area contributed by atoms with Crippen molar-refractivity contribution < 1.29 is 9.53 Å². The number of carbonyl (C=O) groups is 1. The second kappa shape index (κ2) is 8.54. The van der Waals surface area contributed by atoms with E-state index in [-0.39, 0.29) is 11.7 Å². The number of nitrogens with zero attached hydrogens (tertiary/aromatic N) is 3. The third-order valence-electron chi connectivity index (χ3n) is 3.00. The van der Waals surface area contributed by atoms with Crippen LogP contribution < -0.4 is 10.1 Å². The van der Waals surface area contributed by atoms with E-state index in [1.165, 1.54) is 23.1 Å². The van der Waals surface area contributed by atoms with Crippen LogP contribution in [0.4, 0.5) is 5.13 Å².